The second-order valence-electron chi connectivity index (χ2n) is 9.03. The number of ether oxygens (including phenoxy) is 1. The Morgan fingerprint density at radius 3 is 2.11 bits per heavy atom. The molecule has 0 radical (unpaired) electrons. The molecule has 8 nitrogen and oxygen atoms in total. The Labute approximate surface area is 203 Å². The highest BCUT2D eigenvalue weighted by Gasteiger charge is 2.35. The van der Waals surface area contributed by atoms with Gasteiger partial charge >= 0.3 is 5.97 Å². The van der Waals surface area contributed by atoms with Crippen molar-refractivity contribution in [3.63, 3.8) is 0 Å². The molecule has 35 heavy (non-hydrogen) atoms. The highest BCUT2D eigenvalue weighted by molar-refractivity contribution is 7.90. The Kier molecular flexibility index (Phi) is 6.21. The Balaban J connectivity index is 1.46. The van der Waals surface area contributed by atoms with Crippen molar-refractivity contribution >= 4 is 33.9 Å². The predicted molar refractivity (Wildman–Crippen MR) is 129 cm³/mol. The van der Waals surface area contributed by atoms with Gasteiger partial charge in [-0.15, -0.1) is 0 Å². The van der Waals surface area contributed by atoms with Gasteiger partial charge in [0.1, 0.15) is 5.60 Å². The van der Waals surface area contributed by atoms with Gasteiger partial charge in [0, 0.05) is 18.5 Å². The number of nitrogens with zero attached hydrogens (tertiary/aromatic N) is 2. The fourth-order valence-corrected chi connectivity index (χ4v) is 4.80. The van der Waals surface area contributed by atoms with Crippen molar-refractivity contribution in [3.05, 3.63) is 95.3 Å². The van der Waals surface area contributed by atoms with E-state index in [1.807, 2.05) is 0 Å². The average molecular weight is 493 g/mol. The van der Waals surface area contributed by atoms with E-state index in [1.54, 1.807) is 63.2 Å². The van der Waals surface area contributed by atoms with Gasteiger partial charge in [0.05, 0.1) is 22.6 Å². The van der Waals surface area contributed by atoms with Crippen LogP contribution in [0, 0.1) is 0 Å². The minimum atomic E-state index is -3.88. The predicted octanol–water partition coefficient (Wildman–Crippen LogP) is 3.88. The molecular weight excluding hydrogens is 468 g/mol. The SMILES string of the molecule is CC(C)(C)OC(=O)C=Cc1ccn(S(=O)(=O)c2ccc(CN3C(=O)c4ccccc4C3=O)cc2)c1. The number of amides is 2. The van der Waals surface area contributed by atoms with Crippen LogP contribution in [-0.4, -0.2) is 40.7 Å². The lowest BCUT2D eigenvalue weighted by Crippen LogP contribution is -2.29. The number of fused-ring (bicyclic) bond motifs is 1. The van der Waals surface area contributed by atoms with Crippen LogP contribution >= 0.6 is 0 Å². The molecule has 0 aliphatic carbocycles. The highest BCUT2D eigenvalue weighted by Crippen LogP contribution is 2.25. The van der Waals surface area contributed by atoms with E-state index in [1.165, 1.54) is 36.7 Å². The monoisotopic (exact) mass is 492 g/mol. The highest BCUT2D eigenvalue weighted by atomic mass is 32.2. The molecule has 0 saturated carbocycles. The van der Waals surface area contributed by atoms with Crippen molar-refractivity contribution in [2.24, 2.45) is 0 Å². The molecule has 1 aliphatic rings. The molecule has 1 aliphatic heterocycles. The molecule has 9 heteroatoms. The molecule has 2 heterocycles. The summed E-state index contributed by atoms with van der Waals surface area (Å²) in [6.07, 6.45) is 5.50. The second-order valence-corrected chi connectivity index (χ2v) is 10.9. The largest absolute Gasteiger partial charge is 0.457 e. The van der Waals surface area contributed by atoms with Gasteiger partial charge in [-0.25, -0.2) is 17.2 Å². The van der Waals surface area contributed by atoms with Crippen LogP contribution in [0.2, 0.25) is 0 Å². The molecule has 0 fully saturated rings. The molecule has 0 N–H and O–H groups in total. The third-order valence-electron chi connectivity index (χ3n) is 5.23. The molecule has 4 rings (SSSR count). The number of rotatable bonds is 6. The maximum atomic E-state index is 13.0. The summed E-state index contributed by atoms with van der Waals surface area (Å²) in [5.74, 6) is -1.27. The summed E-state index contributed by atoms with van der Waals surface area (Å²) >= 11 is 0. The normalized spacial score (nSPS) is 14.0. The molecule has 3 aromatic rings. The summed E-state index contributed by atoms with van der Waals surface area (Å²) in [5.41, 5.74) is 1.23. The van der Waals surface area contributed by atoms with Gasteiger partial charge in [-0.1, -0.05) is 24.3 Å². The van der Waals surface area contributed by atoms with E-state index in [0.717, 1.165) is 8.87 Å². The number of imide groups is 1. The van der Waals surface area contributed by atoms with Crippen molar-refractivity contribution in [3.8, 4) is 0 Å². The van der Waals surface area contributed by atoms with Gasteiger partial charge in [0.15, 0.2) is 0 Å². The standard InChI is InChI=1S/C26H24N2O6S/c1-26(2,3)34-23(29)13-10-19-14-15-27(16-19)35(32,33)20-11-8-18(9-12-20)17-28-24(30)21-6-4-5-7-22(21)25(28)31/h4-16H,17H2,1-3H3. The quantitative estimate of drug-likeness (QED) is 0.294. The smallest absolute Gasteiger partial charge is 0.331 e. The van der Waals surface area contributed by atoms with Gasteiger partial charge in [-0.3, -0.25) is 14.5 Å². The topological polar surface area (TPSA) is 103 Å². The number of carbonyl (C=O) groups excluding carboxylic acids is 3. The average Bonchev–Trinajstić information content (AvgIpc) is 3.37. The van der Waals surface area contributed by atoms with Crippen molar-refractivity contribution in [2.75, 3.05) is 0 Å². The second kappa shape index (κ2) is 8.99. The lowest BCUT2D eigenvalue weighted by atomic mass is 10.1. The van der Waals surface area contributed by atoms with E-state index in [9.17, 15) is 22.8 Å². The van der Waals surface area contributed by atoms with Crippen LogP contribution in [0.3, 0.4) is 0 Å². The zero-order valence-corrected chi connectivity index (χ0v) is 20.3. The molecule has 1 aromatic heterocycles. The van der Waals surface area contributed by atoms with Crippen LogP contribution in [0.15, 0.2) is 78.0 Å². The molecular formula is C26H24N2O6S. The van der Waals surface area contributed by atoms with Crippen molar-refractivity contribution < 1.29 is 27.5 Å². The third kappa shape index (κ3) is 5.09. The number of hydrogen-bond acceptors (Lipinski definition) is 6. The number of esters is 1. The van der Waals surface area contributed by atoms with E-state index in [-0.39, 0.29) is 23.3 Å². The van der Waals surface area contributed by atoms with Gasteiger partial charge in [-0.2, -0.15) is 0 Å². The van der Waals surface area contributed by atoms with Crippen LogP contribution in [0.25, 0.3) is 6.08 Å². The van der Waals surface area contributed by atoms with Crippen molar-refractivity contribution in [2.45, 2.75) is 37.8 Å². The first-order valence-corrected chi connectivity index (χ1v) is 12.3. The summed E-state index contributed by atoms with van der Waals surface area (Å²) in [5, 5.41) is 0. The first kappa shape index (κ1) is 24.2. The zero-order chi connectivity index (χ0) is 25.4. The van der Waals surface area contributed by atoms with Gasteiger partial charge in [-0.05, 0) is 68.3 Å². The fraction of sp³-hybridized carbons (Fsp3) is 0.192. The van der Waals surface area contributed by atoms with Crippen molar-refractivity contribution in [1.82, 2.24) is 8.87 Å². The van der Waals surface area contributed by atoms with Crippen LogP contribution in [0.1, 0.15) is 52.6 Å². The molecule has 2 amide bonds. The van der Waals surface area contributed by atoms with Gasteiger partial charge in [0.25, 0.3) is 21.8 Å². The molecule has 0 saturated heterocycles. The van der Waals surface area contributed by atoms with Crippen LogP contribution in [0.5, 0.6) is 0 Å². The molecule has 0 atom stereocenters. The van der Waals surface area contributed by atoms with Crippen LogP contribution in [0.4, 0.5) is 0 Å². The first-order valence-electron chi connectivity index (χ1n) is 10.8. The van der Waals surface area contributed by atoms with Gasteiger partial charge < -0.3 is 4.74 Å². The summed E-state index contributed by atoms with van der Waals surface area (Å²) in [6.45, 7) is 5.31. The molecule has 0 bridgehead atoms. The Bertz CT molecular complexity index is 1410. The van der Waals surface area contributed by atoms with E-state index in [4.69, 9.17) is 4.74 Å². The van der Waals surface area contributed by atoms with Crippen LogP contribution in [-0.2, 0) is 26.1 Å². The number of aromatic nitrogens is 1. The van der Waals surface area contributed by atoms with Crippen LogP contribution < -0.4 is 0 Å². The number of carbonyl (C=O) groups is 3. The van der Waals surface area contributed by atoms with E-state index in [2.05, 4.69) is 0 Å². The zero-order valence-electron chi connectivity index (χ0n) is 19.5. The maximum absolute atomic E-state index is 13.0. The lowest BCUT2D eigenvalue weighted by Gasteiger charge is -2.17. The molecule has 0 spiro atoms. The Morgan fingerprint density at radius 1 is 0.943 bits per heavy atom. The minimum Gasteiger partial charge on any atom is -0.457 e. The fourth-order valence-electron chi connectivity index (χ4n) is 3.59. The lowest BCUT2D eigenvalue weighted by molar-refractivity contribution is -0.148. The van der Waals surface area contributed by atoms with E-state index in [0.29, 0.717) is 22.3 Å². The number of hydrogen-bond donors (Lipinski definition) is 0. The van der Waals surface area contributed by atoms with E-state index >= 15 is 0 Å². The maximum Gasteiger partial charge on any atom is 0.331 e. The summed E-state index contributed by atoms with van der Waals surface area (Å²) < 4.78 is 32.3. The molecule has 2 aromatic carbocycles. The summed E-state index contributed by atoms with van der Waals surface area (Å²) in [7, 11) is -3.88. The Hall–Kier alpha value is -3.98. The first-order chi connectivity index (χ1) is 16.5. The molecule has 0 unspecified atom stereocenters. The van der Waals surface area contributed by atoms with E-state index < -0.39 is 21.6 Å². The van der Waals surface area contributed by atoms with Gasteiger partial charge in [0.2, 0.25) is 0 Å². The number of benzene rings is 2. The third-order valence-corrected chi connectivity index (χ3v) is 6.88. The summed E-state index contributed by atoms with van der Waals surface area (Å²) in [6, 6.07) is 14.2. The Morgan fingerprint density at radius 2 is 1.54 bits per heavy atom. The molecule has 180 valence electrons. The summed E-state index contributed by atoms with van der Waals surface area (Å²) in [4.78, 5) is 38.1. The van der Waals surface area contributed by atoms with Crippen molar-refractivity contribution in [1.29, 1.82) is 0 Å². The minimum absolute atomic E-state index is 0.0375.